The molecular formula is C13H14FNO3. The summed E-state index contributed by atoms with van der Waals surface area (Å²) in [5.74, 6) is -1.55. The van der Waals surface area contributed by atoms with Gasteiger partial charge in [0.05, 0.1) is 0 Å². The van der Waals surface area contributed by atoms with E-state index in [1.54, 1.807) is 0 Å². The van der Waals surface area contributed by atoms with Gasteiger partial charge in [0.2, 0.25) is 5.91 Å². The molecule has 0 aliphatic carbocycles. The number of benzene rings is 1. The number of amides is 1. The molecule has 1 fully saturated rings. The van der Waals surface area contributed by atoms with Crippen LogP contribution in [0.5, 0.6) is 0 Å². The fourth-order valence-electron chi connectivity index (χ4n) is 2.15. The Bertz CT molecular complexity index is 463. The van der Waals surface area contributed by atoms with Crippen LogP contribution in [-0.2, 0) is 16.1 Å². The molecule has 1 aliphatic heterocycles. The molecule has 96 valence electrons. The maximum absolute atomic E-state index is 12.9. The second kappa shape index (κ2) is 4.76. The van der Waals surface area contributed by atoms with Gasteiger partial charge in [-0.05, 0) is 5.56 Å². The monoisotopic (exact) mass is 251 g/mol. The number of likely N-dealkylation sites (tertiary alicyclic amines) is 1. The van der Waals surface area contributed by atoms with Crippen LogP contribution in [0.25, 0.3) is 0 Å². The first kappa shape index (κ1) is 12.5. The SMILES string of the molecule is O=C1CC(CF)(C(=O)O)CN1Cc1ccccc1. The van der Waals surface area contributed by atoms with Crippen molar-refractivity contribution < 1.29 is 19.1 Å². The number of carboxylic acid groups (broad SMARTS) is 1. The largest absolute Gasteiger partial charge is 0.481 e. The number of carbonyl (C=O) groups is 2. The van der Waals surface area contributed by atoms with Crippen molar-refractivity contribution in [3.63, 3.8) is 0 Å². The van der Waals surface area contributed by atoms with Gasteiger partial charge < -0.3 is 10.0 Å². The molecule has 1 heterocycles. The first-order chi connectivity index (χ1) is 8.57. The maximum Gasteiger partial charge on any atom is 0.314 e. The topological polar surface area (TPSA) is 57.6 Å². The molecular weight excluding hydrogens is 237 g/mol. The van der Waals surface area contributed by atoms with Gasteiger partial charge in [0.1, 0.15) is 12.1 Å². The number of nitrogens with zero attached hydrogens (tertiary/aromatic N) is 1. The van der Waals surface area contributed by atoms with Crippen LogP contribution in [0.15, 0.2) is 30.3 Å². The Kier molecular flexibility index (Phi) is 3.32. The minimum Gasteiger partial charge on any atom is -0.481 e. The molecule has 5 heteroatoms. The molecule has 0 aromatic heterocycles. The predicted octanol–water partition coefficient (Wildman–Crippen LogP) is 1.46. The summed E-state index contributed by atoms with van der Waals surface area (Å²) in [6.45, 7) is -0.749. The molecule has 0 saturated carbocycles. The average Bonchev–Trinajstić information content (AvgIpc) is 2.69. The molecule has 1 unspecified atom stereocenters. The van der Waals surface area contributed by atoms with Gasteiger partial charge in [-0.15, -0.1) is 0 Å². The second-order valence-electron chi connectivity index (χ2n) is 4.63. The standard InChI is InChI=1S/C13H14FNO3/c14-8-13(12(17)18)6-11(16)15(9-13)7-10-4-2-1-3-5-10/h1-5H,6-9H2,(H,17,18). The Hall–Kier alpha value is -1.91. The minimum absolute atomic E-state index is 0.0629. The van der Waals surface area contributed by atoms with Gasteiger partial charge in [-0.3, -0.25) is 9.59 Å². The van der Waals surface area contributed by atoms with Crippen molar-refractivity contribution in [2.75, 3.05) is 13.2 Å². The highest BCUT2D eigenvalue weighted by Crippen LogP contribution is 2.33. The highest BCUT2D eigenvalue weighted by molar-refractivity contribution is 5.89. The number of aliphatic carboxylic acids is 1. The number of rotatable bonds is 4. The lowest BCUT2D eigenvalue weighted by Gasteiger charge is -2.21. The smallest absolute Gasteiger partial charge is 0.314 e. The van der Waals surface area contributed by atoms with Crippen molar-refractivity contribution in [2.45, 2.75) is 13.0 Å². The number of carbonyl (C=O) groups excluding carboxylic acids is 1. The van der Waals surface area contributed by atoms with Crippen molar-refractivity contribution in [1.82, 2.24) is 4.90 Å². The number of hydrogen-bond donors (Lipinski definition) is 1. The van der Waals surface area contributed by atoms with Crippen molar-refractivity contribution in [3.8, 4) is 0 Å². The third kappa shape index (κ3) is 2.20. The van der Waals surface area contributed by atoms with E-state index in [0.29, 0.717) is 6.54 Å². The van der Waals surface area contributed by atoms with E-state index in [1.165, 1.54) is 4.90 Å². The average molecular weight is 251 g/mol. The van der Waals surface area contributed by atoms with Crippen molar-refractivity contribution in [2.24, 2.45) is 5.41 Å². The first-order valence-corrected chi connectivity index (χ1v) is 5.68. The lowest BCUT2D eigenvalue weighted by Crippen LogP contribution is -2.36. The van der Waals surface area contributed by atoms with Gasteiger partial charge in [0.25, 0.3) is 0 Å². The van der Waals surface area contributed by atoms with Gasteiger partial charge >= 0.3 is 5.97 Å². The van der Waals surface area contributed by atoms with Crippen molar-refractivity contribution in [3.05, 3.63) is 35.9 Å². The second-order valence-corrected chi connectivity index (χ2v) is 4.63. The molecule has 1 atom stereocenters. The zero-order chi connectivity index (χ0) is 13.2. The van der Waals surface area contributed by atoms with Crippen LogP contribution >= 0.6 is 0 Å². The number of carboxylic acids is 1. The van der Waals surface area contributed by atoms with E-state index in [4.69, 9.17) is 5.11 Å². The molecule has 2 rings (SSSR count). The van der Waals surface area contributed by atoms with Crippen molar-refractivity contribution in [1.29, 1.82) is 0 Å². The zero-order valence-electron chi connectivity index (χ0n) is 9.80. The van der Waals surface area contributed by atoms with E-state index in [-0.39, 0.29) is 18.9 Å². The zero-order valence-corrected chi connectivity index (χ0v) is 9.80. The Morgan fingerprint density at radius 1 is 1.39 bits per heavy atom. The van der Waals surface area contributed by atoms with Crippen molar-refractivity contribution >= 4 is 11.9 Å². The molecule has 0 spiro atoms. The minimum atomic E-state index is -1.56. The maximum atomic E-state index is 12.9. The molecule has 1 amide bonds. The molecule has 1 N–H and O–H groups in total. The summed E-state index contributed by atoms with van der Waals surface area (Å²) in [6, 6.07) is 9.25. The molecule has 4 nitrogen and oxygen atoms in total. The van der Waals surface area contributed by atoms with Gasteiger partial charge in [-0.25, -0.2) is 4.39 Å². The van der Waals surface area contributed by atoms with Gasteiger partial charge in [-0.1, -0.05) is 30.3 Å². The first-order valence-electron chi connectivity index (χ1n) is 5.68. The molecule has 1 aromatic rings. The third-order valence-electron chi connectivity index (χ3n) is 3.26. The van der Waals surface area contributed by atoms with E-state index in [1.807, 2.05) is 30.3 Å². The van der Waals surface area contributed by atoms with Crippen LogP contribution in [0.1, 0.15) is 12.0 Å². The lowest BCUT2D eigenvalue weighted by atomic mass is 9.89. The highest BCUT2D eigenvalue weighted by Gasteiger charge is 2.49. The molecule has 0 bridgehead atoms. The van der Waals surface area contributed by atoms with Gasteiger partial charge in [-0.2, -0.15) is 0 Å². The van der Waals surface area contributed by atoms with E-state index in [9.17, 15) is 14.0 Å². The van der Waals surface area contributed by atoms with Gasteiger partial charge in [0, 0.05) is 19.5 Å². The third-order valence-corrected chi connectivity index (χ3v) is 3.26. The van der Waals surface area contributed by atoms with Crippen LogP contribution < -0.4 is 0 Å². The Balaban J connectivity index is 2.13. The predicted molar refractivity (Wildman–Crippen MR) is 62.5 cm³/mol. The molecule has 18 heavy (non-hydrogen) atoms. The van der Waals surface area contributed by atoms with Crippen LogP contribution in [-0.4, -0.2) is 35.1 Å². The summed E-state index contributed by atoms with van der Waals surface area (Å²) in [4.78, 5) is 24.2. The normalized spacial score (nSPS) is 23.4. The van der Waals surface area contributed by atoms with E-state index >= 15 is 0 Å². The van der Waals surface area contributed by atoms with Crippen LogP contribution in [0.3, 0.4) is 0 Å². The lowest BCUT2D eigenvalue weighted by molar-refractivity contribution is -0.149. The molecule has 1 saturated heterocycles. The Labute approximate surface area is 104 Å². The number of hydrogen-bond acceptors (Lipinski definition) is 2. The number of halogens is 1. The van der Waals surface area contributed by atoms with E-state index < -0.39 is 18.1 Å². The highest BCUT2D eigenvalue weighted by atomic mass is 19.1. The van der Waals surface area contributed by atoms with Crippen LogP contribution in [0.2, 0.25) is 0 Å². The van der Waals surface area contributed by atoms with Crippen LogP contribution in [0.4, 0.5) is 4.39 Å². The van der Waals surface area contributed by atoms with Gasteiger partial charge in [0.15, 0.2) is 0 Å². The quantitative estimate of drug-likeness (QED) is 0.881. The summed E-state index contributed by atoms with van der Waals surface area (Å²) >= 11 is 0. The summed E-state index contributed by atoms with van der Waals surface area (Å²) < 4.78 is 12.9. The van der Waals surface area contributed by atoms with Crippen LogP contribution in [0, 0.1) is 5.41 Å². The Morgan fingerprint density at radius 2 is 2.06 bits per heavy atom. The molecule has 0 radical (unpaired) electrons. The van der Waals surface area contributed by atoms with E-state index in [2.05, 4.69) is 0 Å². The van der Waals surface area contributed by atoms with E-state index in [0.717, 1.165) is 5.56 Å². The number of alkyl halides is 1. The summed E-state index contributed by atoms with van der Waals surface area (Å²) in [6.07, 6.45) is -0.258. The summed E-state index contributed by atoms with van der Waals surface area (Å²) in [5, 5.41) is 9.05. The molecule has 1 aromatic carbocycles. The summed E-state index contributed by atoms with van der Waals surface area (Å²) in [7, 11) is 0. The fraction of sp³-hybridized carbons (Fsp3) is 0.385. The molecule has 1 aliphatic rings. The Morgan fingerprint density at radius 3 is 2.56 bits per heavy atom. The fourth-order valence-corrected chi connectivity index (χ4v) is 2.15. The summed E-state index contributed by atoms with van der Waals surface area (Å²) in [5.41, 5.74) is -0.655.